The molecule has 0 saturated carbocycles. The van der Waals surface area contributed by atoms with E-state index in [9.17, 15) is 8.78 Å². The first-order chi connectivity index (χ1) is 16.0. The number of nitrogens with zero attached hydrogens (tertiary/aromatic N) is 3. The highest BCUT2D eigenvalue weighted by Gasteiger charge is 2.25. The Bertz CT molecular complexity index is 1160. The lowest BCUT2D eigenvalue weighted by molar-refractivity contribution is 0.152. The number of aryl methyl sites for hydroxylation is 1. The molecule has 33 heavy (non-hydrogen) atoms. The number of rotatable bonds is 5. The highest BCUT2D eigenvalue weighted by molar-refractivity contribution is 5.77. The van der Waals surface area contributed by atoms with Crippen molar-refractivity contribution in [1.29, 1.82) is 0 Å². The summed E-state index contributed by atoms with van der Waals surface area (Å²) in [6.45, 7) is 9.24. The molecule has 1 aromatic heterocycles. The van der Waals surface area contributed by atoms with Crippen LogP contribution in [-0.4, -0.2) is 34.8 Å². The molecule has 0 fully saturated rings. The van der Waals surface area contributed by atoms with Crippen molar-refractivity contribution in [2.45, 2.75) is 39.2 Å². The van der Waals surface area contributed by atoms with Gasteiger partial charge in [-0.2, -0.15) is 5.10 Å². The van der Waals surface area contributed by atoms with Gasteiger partial charge >= 0.3 is 0 Å². The minimum Gasteiger partial charge on any atom is -0.491 e. The number of benzene rings is 2. The SMILES string of the molecule is C=C(CC)N1CCOc2ccc(N3CCCc4cc(-c5cn[nH]c5)c(C(F)F)cc43)cc2C1. The first-order valence-electron chi connectivity index (χ1n) is 11.4. The van der Waals surface area contributed by atoms with Crippen LogP contribution in [0, 0.1) is 0 Å². The Morgan fingerprint density at radius 2 is 2.09 bits per heavy atom. The summed E-state index contributed by atoms with van der Waals surface area (Å²) in [4.78, 5) is 4.42. The van der Waals surface area contributed by atoms with E-state index in [1.54, 1.807) is 18.5 Å². The molecular formula is C26H28F2N4O. The van der Waals surface area contributed by atoms with Gasteiger partial charge < -0.3 is 14.5 Å². The second kappa shape index (κ2) is 8.89. The standard InChI is InChI=1S/C26H28F2N4O/c1-3-17(2)31-9-10-33-25-7-6-21(11-19(25)16-31)32-8-4-5-18-12-22(20-14-29-30-15-20)23(26(27)28)13-24(18)32/h6-7,11-15,26H,2-5,8-10,16H2,1H3,(H,29,30). The summed E-state index contributed by atoms with van der Waals surface area (Å²) in [5.74, 6) is 0.881. The van der Waals surface area contributed by atoms with Crippen LogP contribution in [0.15, 0.2) is 55.0 Å². The van der Waals surface area contributed by atoms with E-state index in [1.165, 1.54) is 0 Å². The van der Waals surface area contributed by atoms with Gasteiger partial charge in [0.2, 0.25) is 0 Å². The first kappa shape index (κ1) is 21.5. The molecule has 0 amide bonds. The first-order valence-corrected chi connectivity index (χ1v) is 11.4. The molecule has 2 aliphatic heterocycles. The Balaban J connectivity index is 1.54. The van der Waals surface area contributed by atoms with Gasteiger partial charge in [0.25, 0.3) is 6.43 Å². The number of nitrogens with one attached hydrogen (secondary N) is 1. The maximum Gasteiger partial charge on any atom is 0.264 e. The zero-order valence-corrected chi connectivity index (χ0v) is 18.8. The molecule has 7 heteroatoms. The zero-order valence-electron chi connectivity index (χ0n) is 18.8. The van der Waals surface area contributed by atoms with Crippen LogP contribution < -0.4 is 9.64 Å². The van der Waals surface area contributed by atoms with Crippen LogP contribution in [-0.2, 0) is 13.0 Å². The van der Waals surface area contributed by atoms with Crippen LogP contribution in [0.1, 0.15) is 42.9 Å². The van der Waals surface area contributed by atoms with Crippen LogP contribution in [0.4, 0.5) is 20.2 Å². The van der Waals surface area contributed by atoms with Crippen molar-refractivity contribution in [3.8, 4) is 16.9 Å². The zero-order chi connectivity index (χ0) is 22.9. The van der Waals surface area contributed by atoms with Gasteiger partial charge in [0.15, 0.2) is 0 Å². The van der Waals surface area contributed by atoms with Gasteiger partial charge in [-0.05, 0) is 60.7 Å². The lowest BCUT2D eigenvalue weighted by Crippen LogP contribution is -2.25. The van der Waals surface area contributed by atoms with Gasteiger partial charge in [-0.15, -0.1) is 0 Å². The molecular weight excluding hydrogens is 422 g/mol. The molecule has 0 aliphatic carbocycles. The smallest absolute Gasteiger partial charge is 0.264 e. The summed E-state index contributed by atoms with van der Waals surface area (Å²) in [5, 5.41) is 6.68. The fraction of sp³-hybridized carbons (Fsp3) is 0.346. The van der Waals surface area contributed by atoms with Crippen LogP contribution in [0.5, 0.6) is 5.75 Å². The average molecular weight is 451 g/mol. The minimum absolute atomic E-state index is 0.0329. The molecule has 0 bridgehead atoms. The highest BCUT2D eigenvalue weighted by atomic mass is 19.3. The highest BCUT2D eigenvalue weighted by Crippen LogP contribution is 2.42. The third kappa shape index (κ3) is 4.08. The summed E-state index contributed by atoms with van der Waals surface area (Å²) in [5.41, 5.74) is 6.38. The van der Waals surface area contributed by atoms with Gasteiger partial charge in [0, 0.05) is 53.0 Å². The average Bonchev–Trinajstić information content (AvgIpc) is 3.28. The fourth-order valence-corrected chi connectivity index (χ4v) is 4.79. The Morgan fingerprint density at radius 1 is 1.21 bits per heavy atom. The maximum atomic E-state index is 14.1. The van der Waals surface area contributed by atoms with Crippen molar-refractivity contribution in [2.75, 3.05) is 24.6 Å². The molecule has 3 heterocycles. The van der Waals surface area contributed by atoms with E-state index in [-0.39, 0.29) is 5.56 Å². The van der Waals surface area contributed by atoms with Gasteiger partial charge in [-0.25, -0.2) is 8.78 Å². The predicted octanol–water partition coefficient (Wildman–Crippen LogP) is 6.22. The molecule has 5 rings (SSSR count). The Morgan fingerprint density at radius 3 is 2.85 bits per heavy atom. The second-order valence-corrected chi connectivity index (χ2v) is 8.59. The Labute approximate surface area is 192 Å². The van der Waals surface area contributed by atoms with Crippen molar-refractivity contribution in [3.63, 3.8) is 0 Å². The number of hydrogen-bond donors (Lipinski definition) is 1. The molecule has 1 N–H and O–H groups in total. The van der Waals surface area contributed by atoms with Gasteiger partial charge in [0.1, 0.15) is 12.4 Å². The Hall–Kier alpha value is -3.35. The van der Waals surface area contributed by atoms with Gasteiger partial charge in [-0.3, -0.25) is 5.10 Å². The topological polar surface area (TPSA) is 44.4 Å². The van der Waals surface area contributed by atoms with E-state index < -0.39 is 6.43 Å². The molecule has 0 atom stereocenters. The van der Waals surface area contributed by atoms with E-state index in [0.29, 0.717) is 17.7 Å². The molecule has 0 spiro atoms. The number of anilines is 2. The largest absolute Gasteiger partial charge is 0.491 e. The van der Waals surface area contributed by atoms with Crippen molar-refractivity contribution in [3.05, 3.63) is 71.7 Å². The van der Waals surface area contributed by atoms with Crippen molar-refractivity contribution in [2.24, 2.45) is 0 Å². The summed E-state index contributed by atoms with van der Waals surface area (Å²) >= 11 is 0. The van der Waals surface area contributed by atoms with Gasteiger partial charge in [0.05, 0.1) is 12.7 Å². The van der Waals surface area contributed by atoms with E-state index in [2.05, 4.69) is 39.6 Å². The Kier molecular flexibility index (Phi) is 5.79. The molecule has 172 valence electrons. The number of allylic oxidation sites excluding steroid dienone is 1. The van der Waals surface area contributed by atoms with Crippen LogP contribution >= 0.6 is 0 Å². The maximum absolute atomic E-state index is 14.1. The molecule has 2 aromatic carbocycles. The van der Waals surface area contributed by atoms with Crippen LogP contribution in [0.2, 0.25) is 0 Å². The van der Waals surface area contributed by atoms with Crippen molar-refractivity contribution >= 4 is 11.4 Å². The number of aromatic nitrogens is 2. The third-order valence-electron chi connectivity index (χ3n) is 6.60. The van der Waals surface area contributed by atoms with Crippen LogP contribution in [0.25, 0.3) is 11.1 Å². The molecule has 0 radical (unpaired) electrons. The van der Waals surface area contributed by atoms with Crippen molar-refractivity contribution in [1.82, 2.24) is 15.1 Å². The normalized spacial score (nSPS) is 15.6. The second-order valence-electron chi connectivity index (χ2n) is 8.59. The third-order valence-corrected chi connectivity index (χ3v) is 6.60. The fourth-order valence-electron chi connectivity index (χ4n) is 4.79. The molecule has 0 saturated heterocycles. The van der Waals surface area contributed by atoms with E-state index in [0.717, 1.165) is 72.8 Å². The number of H-pyrrole nitrogens is 1. The molecule has 0 unspecified atom stereocenters. The lowest BCUT2D eigenvalue weighted by atomic mass is 9.92. The lowest BCUT2D eigenvalue weighted by Gasteiger charge is -2.33. The molecule has 3 aromatic rings. The molecule has 2 aliphatic rings. The van der Waals surface area contributed by atoms with Crippen molar-refractivity contribution < 1.29 is 13.5 Å². The molecule has 5 nitrogen and oxygen atoms in total. The number of fused-ring (bicyclic) bond motifs is 2. The number of hydrogen-bond acceptors (Lipinski definition) is 4. The van der Waals surface area contributed by atoms with E-state index in [4.69, 9.17) is 4.74 Å². The van der Waals surface area contributed by atoms with E-state index in [1.807, 2.05) is 18.2 Å². The number of aromatic amines is 1. The summed E-state index contributed by atoms with van der Waals surface area (Å²) < 4.78 is 34.1. The number of ether oxygens (including phenoxy) is 1. The number of alkyl halides is 2. The van der Waals surface area contributed by atoms with Crippen LogP contribution in [0.3, 0.4) is 0 Å². The summed E-state index contributed by atoms with van der Waals surface area (Å²) in [7, 11) is 0. The number of halogens is 2. The summed E-state index contributed by atoms with van der Waals surface area (Å²) in [6, 6.07) is 9.75. The monoisotopic (exact) mass is 450 g/mol. The van der Waals surface area contributed by atoms with Gasteiger partial charge in [-0.1, -0.05) is 13.5 Å². The minimum atomic E-state index is -2.57. The summed E-state index contributed by atoms with van der Waals surface area (Å²) in [6.07, 6.45) is 3.39. The van der Waals surface area contributed by atoms with E-state index >= 15 is 0 Å². The predicted molar refractivity (Wildman–Crippen MR) is 126 cm³/mol. The quantitative estimate of drug-likeness (QED) is 0.501.